The van der Waals surface area contributed by atoms with Crippen LogP contribution in [0.2, 0.25) is 0 Å². The first-order valence-corrected chi connectivity index (χ1v) is 2.25. The van der Waals surface area contributed by atoms with Crippen molar-refractivity contribution in [3.8, 4) is 0 Å². The van der Waals surface area contributed by atoms with E-state index in [2.05, 4.69) is 5.18 Å². The Morgan fingerprint density at radius 3 is 1.88 bits per heavy atom. The van der Waals surface area contributed by atoms with Crippen LogP contribution in [0.4, 0.5) is 0 Å². The van der Waals surface area contributed by atoms with Gasteiger partial charge in [0.15, 0.2) is 0 Å². The first kappa shape index (κ1) is 7.58. The molecule has 2 N–H and O–H groups in total. The van der Waals surface area contributed by atoms with Crippen LogP contribution < -0.4 is 0 Å². The van der Waals surface area contributed by atoms with Crippen molar-refractivity contribution >= 4 is 7.85 Å². The van der Waals surface area contributed by atoms with Gasteiger partial charge in [0.05, 0.1) is 13.2 Å². The van der Waals surface area contributed by atoms with Gasteiger partial charge in [0.25, 0.3) is 0 Å². The zero-order valence-corrected chi connectivity index (χ0v) is 4.66. The molecule has 5 heteroatoms. The van der Waals surface area contributed by atoms with Crippen molar-refractivity contribution in [2.45, 2.75) is 5.44 Å². The summed E-state index contributed by atoms with van der Waals surface area (Å²) in [6.45, 7) is -0.819. The van der Waals surface area contributed by atoms with Crippen molar-refractivity contribution in [2.24, 2.45) is 5.18 Å². The molecule has 0 rings (SSSR count). The van der Waals surface area contributed by atoms with Gasteiger partial charge in [-0.25, -0.2) is 0 Å². The Morgan fingerprint density at radius 2 is 1.88 bits per heavy atom. The largest absolute Gasteiger partial charge is 0.394 e. The minimum atomic E-state index is -1.19. The van der Waals surface area contributed by atoms with Gasteiger partial charge >= 0.3 is 0 Å². The summed E-state index contributed by atoms with van der Waals surface area (Å²) in [5.41, 5.74) is -1.19. The lowest BCUT2D eigenvalue weighted by molar-refractivity contribution is 0.172. The Bertz CT molecular complexity index is 82.6. The minimum absolute atomic E-state index is 0.410. The Balaban J connectivity index is 3.76. The maximum absolute atomic E-state index is 9.72. The van der Waals surface area contributed by atoms with Gasteiger partial charge in [-0.05, 0) is 0 Å². The van der Waals surface area contributed by atoms with Crippen LogP contribution in [0.3, 0.4) is 0 Å². The normalized spacial score (nSPS) is 11.2. The summed E-state index contributed by atoms with van der Waals surface area (Å²) in [7, 11) is 1.38. The zero-order valence-electron chi connectivity index (χ0n) is 4.66. The molecule has 0 fully saturated rings. The summed E-state index contributed by atoms with van der Waals surface area (Å²) in [5, 5.41) is 19.2. The number of aliphatic hydroxyl groups is 2. The SMILES string of the molecule is BC(CO)(CO)N=O. The lowest BCUT2D eigenvalue weighted by Crippen LogP contribution is -2.35. The molecule has 0 aliphatic rings. The van der Waals surface area contributed by atoms with Crippen molar-refractivity contribution in [2.75, 3.05) is 13.2 Å². The van der Waals surface area contributed by atoms with Gasteiger partial charge in [0.1, 0.15) is 13.3 Å². The fourth-order valence-electron chi connectivity index (χ4n) is 0.108. The molecule has 0 amide bonds. The first-order chi connectivity index (χ1) is 3.68. The van der Waals surface area contributed by atoms with Crippen LogP contribution in [-0.2, 0) is 0 Å². The first-order valence-electron chi connectivity index (χ1n) is 2.25. The lowest BCUT2D eigenvalue weighted by Gasteiger charge is -2.12. The fourth-order valence-corrected chi connectivity index (χ4v) is 0.108. The minimum Gasteiger partial charge on any atom is -0.394 e. The van der Waals surface area contributed by atoms with E-state index in [0.29, 0.717) is 0 Å². The standard InChI is InChI=1S/C3H8BNO3/c4-3(1-6,2-7)5-8/h6-7H,1-2,4H2. The van der Waals surface area contributed by atoms with Gasteiger partial charge < -0.3 is 10.2 Å². The average Bonchev–Trinajstić information content (AvgIpc) is 1.87. The lowest BCUT2D eigenvalue weighted by atomic mass is 9.80. The second-order valence-electron chi connectivity index (χ2n) is 1.90. The maximum atomic E-state index is 9.72. The smallest absolute Gasteiger partial charge is 0.148 e. The van der Waals surface area contributed by atoms with Crippen LogP contribution >= 0.6 is 0 Å². The van der Waals surface area contributed by atoms with E-state index >= 15 is 0 Å². The second kappa shape index (κ2) is 2.79. The van der Waals surface area contributed by atoms with Gasteiger partial charge in [-0.15, -0.1) is 0 Å². The average molecular weight is 117 g/mol. The quantitative estimate of drug-likeness (QED) is 0.334. The van der Waals surface area contributed by atoms with Crippen molar-refractivity contribution in [3.63, 3.8) is 0 Å². The molecule has 0 bridgehead atoms. The molecule has 0 aliphatic heterocycles. The van der Waals surface area contributed by atoms with Gasteiger partial charge in [-0.1, -0.05) is 5.18 Å². The molecule has 0 saturated heterocycles. The van der Waals surface area contributed by atoms with Crippen LogP contribution in [0.1, 0.15) is 0 Å². The van der Waals surface area contributed by atoms with E-state index in [1.165, 1.54) is 7.85 Å². The molecule has 0 saturated carbocycles. The summed E-state index contributed by atoms with van der Waals surface area (Å²) in [6.07, 6.45) is 0. The van der Waals surface area contributed by atoms with E-state index in [4.69, 9.17) is 10.2 Å². The van der Waals surface area contributed by atoms with Crippen LogP contribution in [0, 0.1) is 4.91 Å². The molecule has 0 unspecified atom stereocenters. The predicted octanol–water partition coefficient (Wildman–Crippen LogP) is -1.93. The van der Waals surface area contributed by atoms with Gasteiger partial charge in [0.2, 0.25) is 0 Å². The molecule has 0 aromatic carbocycles. The Hall–Kier alpha value is -0.415. The third kappa shape index (κ3) is 1.59. The molecule has 0 spiro atoms. The van der Waals surface area contributed by atoms with Crippen molar-refractivity contribution in [3.05, 3.63) is 4.91 Å². The number of hydrogen-bond donors (Lipinski definition) is 2. The summed E-state index contributed by atoms with van der Waals surface area (Å²) in [4.78, 5) is 9.72. The molecule has 0 aliphatic carbocycles. The van der Waals surface area contributed by atoms with E-state index in [1.807, 2.05) is 0 Å². The third-order valence-electron chi connectivity index (χ3n) is 0.902. The molecule has 8 heavy (non-hydrogen) atoms. The maximum Gasteiger partial charge on any atom is 0.148 e. The zero-order chi connectivity index (χ0) is 6.62. The number of nitrogens with zero attached hydrogens (tertiary/aromatic N) is 1. The molecular formula is C3H8BNO3. The van der Waals surface area contributed by atoms with E-state index in [0.717, 1.165) is 0 Å². The molecule has 0 heterocycles. The Labute approximate surface area is 47.9 Å². The highest BCUT2D eigenvalue weighted by molar-refractivity contribution is 6.15. The number of hydrogen-bond acceptors (Lipinski definition) is 4. The van der Waals surface area contributed by atoms with E-state index in [-0.39, 0.29) is 0 Å². The molecular weight excluding hydrogens is 109 g/mol. The van der Waals surface area contributed by atoms with Gasteiger partial charge in [-0.2, -0.15) is 4.91 Å². The highest BCUT2D eigenvalue weighted by atomic mass is 16.3. The summed E-state index contributed by atoms with van der Waals surface area (Å²) >= 11 is 0. The monoisotopic (exact) mass is 117 g/mol. The van der Waals surface area contributed by atoms with Crippen LogP contribution in [-0.4, -0.2) is 36.7 Å². The van der Waals surface area contributed by atoms with E-state index < -0.39 is 18.7 Å². The van der Waals surface area contributed by atoms with Crippen LogP contribution in [0.15, 0.2) is 5.18 Å². The van der Waals surface area contributed by atoms with Crippen LogP contribution in [0.25, 0.3) is 0 Å². The fraction of sp³-hybridized carbons (Fsp3) is 1.00. The number of rotatable bonds is 3. The Kier molecular flexibility index (Phi) is 2.64. The van der Waals surface area contributed by atoms with Gasteiger partial charge in [-0.3, -0.25) is 0 Å². The molecule has 0 aromatic rings. The predicted molar refractivity (Wildman–Crippen MR) is 31.2 cm³/mol. The van der Waals surface area contributed by atoms with Crippen molar-refractivity contribution in [1.82, 2.24) is 0 Å². The van der Waals surface area contributed by atoms with E-state index in [9.17, 15) is 4.91 Å². The summed E-state index contributed by atoms with van der Waals surface area (Å²) < 4.78 is 0. The Morgan fingerprint density at radius 1 is 1.50 bits per heavy atom. The molecule has 4 nitrogen and oxygen atoms in total. The topological polar surface area (TPSA) is 69.9 Å². The highest BCUT2D eigenvalue weighted by Gasteiger charge is 2.22. The van der Waals surface area contributed by atoms with Crippen LogP contribution in [0.5, 0.6) is 0 Å². The number of nitroso groups, excluding NO2 is 1. The third-order valence-corrected chi connectivity index (χ3v) is 0.902. The van der Waals surface area contributed by atoms with E-state index in [1.54, 1.807) is 0 Å². The molecule has 0 radical (unpaired) electrons. The number of aliphatic hydroxyl groups excluding tert-OH is 2. The molecule has 46 valence electrons. The van der Waals surface area contributed by atoms with Crippen molar-refractivity contribution < 1.29 is 10.2 Å². The second-order valence-corrected chi connectivity index (χ2v) is 1.90. The summed E-state index contributed by atoms with van der Waals surface area (Å²) in [6, 6.07) is 0. The van der Waals surface area contributed by atoms with Gasteiger partial charge in [0, 0.05) is 0 Å². The summed E-state index contributed by atoms with van der Waals surface area (Å²) in [5.74, 6) is 0. The molecule has 0 aromatic heterocycles. The van der Waals surface area contributed by atoms with Crippen molar-refractivity contribution in [1.29, 1.82) is 0 Å². The highest BCUT2D eigenvalue weighted by Crippen LogP contribution is 2.00. The molecule has 0 atom stereocenters.